The van der Waals surface area contributed by atoms with Crippen LogP contribution in [0.1, 0.15) is 66.0 Å². The van der Waals surface area contributed by atoms with Gasteiger partial charge < -0.3 is 0 Å². The second-order valence-corrected chi connectivity index (χ2v) is 11.5. The Kier molecular flexibility index (Phi) is 8.73. The van der Waals surface area contributed by atoms with Crippen LogP contribution < -0.4 is 0 Å². The van der Waals surface area contributed by atoms with E-state index in [0.29, 0.717) is 17.5 Å². The zero-order chi connectivity index (χ0) is 28.9. The molecule has 0 aliphatic heterocycles. The van der Waals surface area contributed by atoms with Gasteiger partial charge in [0.2, 0.25) is 0 Å². The van der Waals surface area contributed by atoms with Gasteiger partial charge in [0.1, 0.15) is 0 Å². The second kappa shape index (κ2) is 12.6. The molecule has 0 saturated heterocycles. The van der Waals surface area contributed by atoms with Crippen LogP contribution in [-0.4, -0.2) is 15.0 Å². The molecule has 0 fully saturated rings. The Hall–Kier alpha value is -4.11. The molecule has 208 valence electrons. The molecule has 41 heavy (non-hydrogen) atoms. The summed E-state index contributed by atoms with van der Waals surface area (Å²) in [7, 11) is 0. The number of aromatic nitrogens is 3. The van der Waals surface area contributed by atoms with Gasteiger partial charge in [-0.3, -0.25) is 0 Å². The molecule has 5 rings (SSSR count). The Morgan fingerprint density at radius 1 is 0.439 bits per heavy atom. The standard InChI is InChI=1S/C38H41N3/c1-7-8-9-10-11-30-14-18-31(19-15-30)34-20-25(2)21-35(24-34)38-40-36(32-16-12-26(3)28(5)22-32)39-37(41-38)33-17-13-27(4)29(6)23-33/h12-24H,7-11H2,1-6H3. The molecule has 3 heteroatoms. The topological polar surface area (TPSA) is 38.7 Å². The minimum absolute atomic E-state index is 0.693. The Balaban J connectivity index is 1.56. The SMILES string of the molecule is CCCCCCc1ccc(-c2cc(C)cc(-c3nc(-c4ccc(C)c(C)c4)nc(-c4ccc(C)c(C)c4)n3)c2)cc1. The van der Waals surface area contributed by atoms with Gasteiger partial charge in [-0.1, -0.05) is 80.8 Å². The summed E-state index contributed by atoms with van der Waals surface area (Å²) in [5, 5.41) is 0. The van der Waals surface area contributed by atoms with Crippen molar-refractivity contribution in [3.05, 3.63) is 112 Å². The van der Waals surface area contributed by atoms with Crippen molar-refractivity contribution in [1.82, 2.24) is 15.0 Å². The van der Waals surface area contributed by atoms with Crippen LogP contribution >= 0.6 is 0 Å². The maximum Gasteiger partial charge on any atom is 0.164 e. The Morgan fingerprint density at radius 2 is 0.951 bits per heavy atom. The van der Waals surface area contributed by atoms with E-state index in [1.54, 1.807) is 0 Å². The molecule has 0 atom stereocenters. The van der Waals surface area contributed by atoms with Crippen molar-refractivity contribution in [2.45, 2.75) is 73.6 Å². The van der Waals surface area contributed by atoms with E-state index in [9.17, 15) is 0 Å². The van der Waals surface area contributed by atoms with Crippen LogP contribution in [-0.2, 0) is 6.42 Å². The van der Waals surface area contributed by atoms with Crippen LogP contribution in [0, 0.1) is 34.6 Å². The average molecular weight is 540 g/mol. The summed E-state index contributed by atoms with van der Waals surface area (Å²) in [5.41, 5.74) is 13.0. The molecule has 0 radical (unpaired) electrons. The normalized spacial score (nSPS) is 11.2. The van der Waals surface area contributed by atoms with E-state index in [0.717, 1.165) is 23.1 Å². The summed E-state index contributed by atoms with van der Waals surface area (Å²) in [6.07, 6.45) is 6.30. The lowest BCUT2D eigenvalue weighted by Crippen LogP contribution is -2.01. The third kappa shape index (κ3) is 6.79. The summed E-state index contributed by atoms with van der Waals surface area (Å²) in [6, 6.07) is 28.5. The first kappa shape index (κ1) is 28.4. The van der Waals surface area contributed by atoms with E-state index in [4.69, 9.17) is 15.0 Å². The molecule has 5 aromatic rings. The third-order valence-corrected chi connectivity index (χ3v) is 8.11. The molecule has 4 aromatic carbocycles. The van der Waals surface area contributed by atoms with Crippen LogP contribution in [0.25, 0.3) is 45.3 Å². The van der Waals surface area contributed by atoms with Crippen molar-refractivity contribution in [2.24, 2.45) is 0 Å². The number of nitrogens with zero attached hydrogens (tertiary/aromatic N) is 3. The second-order valence-electron chi connectivity index (χ2n) is 11.5. The Bertz CT molecular complexity index is 1590. The first-order valence-electron chi connectivity index (χ1n) is 14.9. The van der Waals surface area contributed by atoms with Crippen LogP contribution in [0.2, 0.25) is 0 Å². The zero-order valence-electron chi connectivity index (χ0n) is 25.4. The summed E-state index contributed by atoms with van der Waals surface area (Å²) in [5.74, 6) is 2.09. The fourth-order valence-corrected chi connectivity index (χ4v) is 5.22. The molecule has 0 amide bonds. The van der Waals surface area contributed by atoms with Gasteiger partial charge in [-0.15, -0.1) is 0 Å². The number of rotatable bonds is 9. The van der Waals surface area contributed by atoms with Gasteiger partial charge in [0.15, 0.2) is 17.5 Å². The zero-order valence-corrected chi connectivity index (χ0v) is 25.4. The molecule has 0 unspecified atom stereocenters. The van der Waals surface area contributed by atoms with Crippen molar-refractivity contribution >= 4 is 0 Å². The quantitative estimate of drug-likeness (QED) is 0.175. The van der Waals surface area contributed by atoms with Crippen molar-refractivity contribution in [1.29, 1.82) is 0 Å². The monoisotopic (exact) mass is 539 g/mol. The molecule has 0 saturated carbocycles. The van der Waals surface area contributed by atoms with Gasteiger partial charge in [0.25, 0.3) is 0 Å². The van der Waals surface area contributed by atoms with Gasteiger partial charge in [0.05, 0.1) is 0 Å². The predicted octanol–water partition coefficient (Wildman–Crippen LogP) is 10.2. The molecule has 1 heterocycles. The lowest BCUT2D eigenvalue weighted by Gasteiger charge is -2.12. The van der Waals surface area contributed by atoms with E-state index in [1.807, 2.05) is 0 Å². The molecule has 0 bridgehead atoms. The van der Waals surface area contributed by atoms with Gasteiger partial charge in [-0.25, -0.2) is 15.0 Å². The highest BCUT2D eigenvalue weighted by atomic mass is 15.0. The van der Waals surface area contributed by atoms with Crippen molar-refractivity contribution in [2.75, 3.05) is 0 Å². The minimum atomic E-state index is 0.693. The van der Waals surface area contributed by atoms with E-state index in [-0.39, 0.29) is 0 Å². The average Bonchev–Trinajstić information content (AvgIpc) is 2.98. The largest absolute Gasteiger partial charge is 0.208 e. The Morgan fingerprint density at radius 3 is 1.49 bits per heavy atom. The lowest BCUT2D eigenvalue weighted by atomic mass is 9.97. The molecule has 0 aliphatic rings. The van der Waals surface area contributed by atoms with Gasteiger partial charge in [-0.05, 0) is 116 Å². The molecule has 3 nitrogen and oxygen atoms in total. The fourth-order valence-electron chi connectivity index (χ4n) is 5.22. The molecule has 0 N–H and O–H groups in total. The summed E-state index contributed by atoms with van der Waals surface area (Å²) in [6.45, 7) is 12.9. The van der Waals surface area contributed by atoms with E-state index in [1.165, 1.54) is 70.2 Å². The summed E-state index contributed by atoms with van der Waals surface area (Å²) in [4.78, 5) is 15.0. The third-order valence-electron chi connectivity index (χ3n) is 8.11. The highest BCUT2D eigenvalue weighted by Gasteiger charge is 2.15. The van der Waals surface area contributed by atoms with E-state index in [2.05, 4.69) is 120 Å². The highest BCUT2D eigenvalue weighted by molar-refractivity contribution is 5.74. The summed E-state index contributed by atoms with van der Waals surface area (Å²) >= 11 is 0. The number of hydrogen-bond donors (Lipinski definition) is 0. The number of hydrogen-bond acceptors (Lipinski definition) is 3. The number of unbranched alkanes of at least 4 members (excludes halogenated alkanes) is 3. The predicted molar refractivity (Wildman–Crippen MR) is 173 cm³/mol. The van der Waals surface area contributed by atoms with Crippen molar-refractivity contribution in [3.8, 4) is 45.3 Å². The van der Waals surface area contributed by atoms with E-state index < -0.39 is 0 Å². The molecular weight excluding hydrogens is 498 g/mol. The van der Waals surface area contributed by atoms with Crippen LogP contribution in [0.3, 0.4) is 0 Å². The molecule has 1 aromatic heterocycles. The van der Waals surface area contributed by atoms with Crippen LogP contribution in [0.15, 0.2) is 78.9 Å². The van der Waals surface area contributed by atoms with Crippen LogP contribution in [0.5, 0.6) is 0 Å². The van der Waals surface area contributed by atoms with Crippen molar-refractivity contribution < 1.29 is 0 Å². The maximum absolute atomic E-state index is 5.03. The number of aryl methyl sites for hydroxylation is 6. The first-order chi connectivity index (χ1) is 19.8. The minimum Gasteiger partial charge on any atom is -0.208 e. The molecular formula is C38H41N3. The molecule has 0 spiro atoms. The smallest absolute Gasteiger partial charge is 0.164 e. The summed E-state index contributed by atoms with van der Waals surface area (Å²) < 4.78 is 0. The fraction of sp³-hybridized carbons (Fsp3) is 0.289. The van der Waals surface area contributed by atoms with E-state index >= 15 is 0 Å². The Labute approximate surface area is 245 Å². The van der Waals surface area contributed by atoms with Crippen molar-refractivity contribution in [3.63, 3.8) is 0 Å². The van der Waals surface area contributed by atoms with Gasteiger partial charge >= 0.3 is 0 Å². The maximum atomic E-state index is 5.03. The molecule has 0 aliphatic carbocycles. The first-order valence-corrected chi connectivity index (χ1v) is 14.9. The lowest BCUT2D eigenvalue weighted by molar-refractivity contribution is 0.667. The number of benzene rings is 4. The highest BCUT2D eigenvalue weighted by Crippen LogP contribution is 2.30. The van der Waals surface area contributed by atoms with Crippen LogP contribution in [0.4, 0.5) is 0 Å². The van der Waals surface area contributed by atoms with Gasteiger partial charge in [-0.2, -0.15) is 0 Å². The van der Waals surface area contributed by atoms with Gasteiger partial charge in [0, 0.05) is 16.7 Å².